The van der Waals surface area contributed by atoms with Crippen LogP contribution in [0.15, 0.2) is 48.5 Å². The molecule has 0 aliphatic carbocycles. The number of rotatable bonds is 8. The zero-order valence-corrected chi connectivity index (χ0v) is 14.9. The maximum atomic E-state index is 12.1. The van der Waals surface area contributed by atoms with Crippen LogP contribution in [0.3, 0.4) is 0 Å². The summed E-state index contributed by atoms with van der Waals surface area (Å²) in [6.07, 6.45) is 3.30. The summed E-state index contributed by atoms with van der Waals surface area (Å²) in [7, 11) is 1.51. The van der Waals surface area contributed by atoms with Crippen molar-refractivity contribution in [2.24, 2.45) is 0 Å². The first kappa shape index (κ1) is 19.8. The number of amides is 2. The molecule has 2 amide bonds. The first-order valence-corrected chi connectivity index (χ1v) is 8.40. The Bertz CT molecular complexity index is 833. The van der Waals surface area contributed by atoms with Crippen molar-refractivity contribution in [2.45, 2.75) is 6.42 Å². The normalized spacial score (nSPS) is 10.6. The molecule has 2 aromatic rings. The number of hydrogen-bond acceptors (Lipinski definition) is 5. The molecule has 0 unspecified atom stereocenters. The lowest BCUT2D eigenvalue weighted by Crippen LogP contribution is -2.29. The largest absolute Gasteiger partial charge is 0.508 e. The van der Waals surface area contributed by atoms with Crippen LogP contribution in [0, 0.1) is 0 Å². The van der Waals surface area contributed by atoms with Gasteiger partial charge in [-0.25, -0.2) is 0 Å². The van der Waals surface area contributed by atoms with E-state index in [0.29, 0.717) is 36.4 Å². The van der Waals surface area contributed by atoms with Crippen molar-refractivity contribution in [3.8, 4) is 17.2 Å². The molecule has 0 spiro atoms. The van der Waals surface area contributed by atoms with Crippen LogP contribution >= 0.6 is 0 Å². The average Bonchev–Trinajstić information content (AvgIpc) is 2.66. The standard InChI is InChI=1S/C20H22N2O5/c1-27-18-6-3-2-5-16(18)20(26)22-12-4-11-21-19(25)10-8-14-7-9-15(23)13-17(14)24/h2-3,5-10,13,23-24H,4,11-12H2,1H3,(H,21,25)(H,22,26)/b10-8+. The first-order valence-electron chi connectivity index (χ1n) is 8.40. The Balaban J connectivity index is 1.71. The molecule has 0 aliphatic heterocycles. The van der Waals surface area contributed by atoms with Gasteiger partial charge in [0.05, 0.1) is 12.7 Å². The number of benzene rings is 2. The maximum Gasteiger partial charge on any atom is 0.255 e. The lowest BCUT2D eigenvalue weighted by Gasteiger charge is -2.09. The molecule has 0 fully saturated rings. The third-order valence-corrected chi connectivity index (χ3v) is 3.72. The fourth-order valence-electron chi connectivity index (χ4n) is 2.33. The van der Waals surface area contributed by atoms with E-state index in [1.54, 1.807) is 24.3 Å². The van der Waals surface area contributed by atoms with Crippen molar-refractivity contribution in [3.05, 3.63) is 59.7 Å². The second-order valence-corrected chi connectivity index (χ2v) is 5.68. The van der Waals surface area contributed by atoms with Gasteiger partial charge in [-0.05, 0) is 36.8 Å². The number of phenolic OH excluding ortho intramolecular Hbond substituents is 2. The monoisotopic (exact) mass is 370 g/mol. The van der Waals surface area contributed by atoms with Crippen LogP contribution < -0.4 is 15.4 Å². The van der Waals surface area contributed by atoms with Crippen molar-refractivity contribution in [1.82, 2.24) is 10.6 Å². The summed E-state index contributed by atoms with van der Waals surface area (Å²) in [6, 6.07) is 11.1. The molecule has 7 nitrogen and oxygen atoms in total. The molecule has 0 heterocycles. The summed E-state index contributed by atoms with van der Waals surface area (Å²) in [5, 5.41) is 24.3. The molecule has 0 aliphatic rings. The van der Waals surface area contributed by atoms with E-state index in [0.717, 1.165) is 0 Å². The minimum absolute atomic E-state index is 0.0516. The van der Waals surface area contributed by atoms with Crippen molar-refractivity contribution in [1.29, 1.82) is 0 Å². The Hall–Kier alpha value is -3.48. The molecular weight excluding hydrogens is 348 g/mol. The quantitative estimate of drug-likeness (QED) is 0.420. The molecule has 142 valence electrons. The van der Waals surface area contributed by atoms with Gasteiger partial charge >= 0.3 is 0 Å². The van der Waals surface area contributed by atoms with E-state index >= 15 is 0 Å². The van der Waals surface area contributed by atoms with Gasteiger partial charge in [0.25, 0.3) is 5.91 Å². The van der Waals surface area contributed by atoms with E-state index in [4.69, 9.17) is 4.74 Å². The van der Waals surface area contributed by atoms with Crippen LogP contribution in [0.5, 0.6) is 17.2 Å². The van der Waals surface area contributed by atoms with E-state index in [1.165, 1.54) is 37.5 Å². The van der Waals surface area contributed by atoms with Crippen LogP contribution in [-0.4, -0.2) is 42.2 Å². The van der Waals surface area contributed by atoms with E-state index < -0.39 is 0 Å². The number of carbonyl (C=O) groups is 2. The number of methoxy groups -OCH3 is 1. The van der Waals surface area contributed by atoms with E-state index in [2.05, 4.69) is 10.6 Å². The third-order valence-electron chi connectivity index (χ3n) is 3.72. The van der Waals surface area contributed by atoms with E-state index in [9.17, 15) is 19.8 Å². The summed E-state index contributed by atoms with van der Waals surface area (Å²) in [4.78, 5) is 23.9. The topological polar surface area (TPSA) is 108 Å². The van der Waals surface area contributed by atoms with E-state index in [-0.39, 0.29) is 23.3 Å². The molecule has 0 atom stereocenters. The molecule has 27 heavy (non-hydrogen) atoms. The van der Waals surface area contributed by atoms with Crippen LogP contribution in [-0.2, 0) is 4.79 Å². The van der Waals surface area contributed by atoms with Crippen molar-refractivity contribution >= 4 is 17.9 Å². The summed E-state index contributed by atoms with van der Waals surface area (Å²) in [6.45, 7) is 0.788. The lowest BCUT2D eigenvalue weighted by molar-refractivity contribution is -0.116. The molecule has 0 bridgehead atoms. The van der Waals surface area contributed by atoms with Gasteiger partial charge in [0.1, 0.15) is 17.2 Å². The number of aromatic hydroxyl groups is 2. The average molecular weight is 370 g/mol. The van der Waals surface area contributed by atoms with Crippen LogP contribution in [0.25, 0.3) is 6.08 Å². The predicted octanol–water partition coefficient (Wildman–Crippen LogP) is 2.06. The van der Waals surface area contributed by atoms with Crippen molar-refractivity contribution in [3.63, 3.8) is 0 Å². The highest BCUT2D eigenvalue weighted by Crippen LogP contribution is 2.23. The number of ether oxygens (including phenoxy) is 1. The van der Waals surface area contributed by atoms with Gasteiger partial charge in [-0.1, -0.05) is 12.1 Å². The molecule has 0 saturated carbocycles. The fraction of sp³-hybridized carbons (Fsp3) is 0.200. The van der Waals surface area contributed by atoms with E-state index in [1.807, 2.05) is 0 Å². The fourth-order valence-corrected chi connectivity index (χ4v) is 2.33. The van der Waals surface area contributed by atoms with Gasteiger partial charge in [0.2, 0.25) is 5.91 Å². The second-order valence-electron chi connectivity index (χ2n) is 5.68. The number of carbonyl (C=O) groups excluding carboxylic acids is 2. The Morgan fingerprint density at radius 3 is 2.56 bits per heavy atom. The molecular formula is C20H22N2O5. The summed E-state index contributed by atoms with van der Waals surface area (Å²) in [5.74, 6) is -0.215. The number of hydrogen-bond donors (Lipinski definition) is 4. The zero-order valence-electron chi connectivity index (χ0n) is 14.9. The molecule has 0 saturated heterocycles. The highest BCUT2D eigenvalue weighted by Gasteiger charge is 2.10. The van der Waals surface area contributed by atoms with Gasteiger partial charge in [-0.15, -0.1) is 0 Å². The van der Waals surface area contributed by atoms with Gasteiger partial charge in [0, 0.05) is 30.8 Å². The molecule has 7 heteroatoms. The molecule has 4 N–H and O–H groups in total. The molecule has 0 radical (unpaired) electrons. The lowest BCUT2D eigenvalue weighted by atomic mass is 10.2. The SMILES string of the molecule is COc1ccccc1C(=O)NCCCNC(=O)/C=C/c1ccc(O)cc1O. The highest BCUT2D eigenvalue weighted by atomic mass is 16.5. The van der Waals surface area contributed by atoms with Gasteiger partial charge in [0.15, 0.2) is 0 Å². The van der Waals surface area contributed by atoms with Crippen molar-refractivity contribution in [2.75, 3.05) is 20.2 Å². The summed E-state index contributed by atoms with van der Waals surface area (Å²) >= 11 is 0. The van der Waals surface area contributed by atoms with Crippen molar-refractivity contribution < 1.29 is 24.5 Å². The van der Waals surface area contributed by atoms with Crippen LogP contribution in [0.2, 0.25) is 0 Å². The molecule has 2 aromatic carbocycles. The molecule has 2 rings (SSSR count). The minimum Gasteiger partial charge on any atom is -0.508 e. The first-order chi connectivity index (χ1) is 13.0. The predicted molar refractivity (Wildman–Crippen MR) is 102 cm³/mol. The highest BCUT2D eigenvalue weighted by molar-refractivity contribution is 5.96. The number of phenols is 2. The van der Waals surface area contributed by atoms with Crippen LogP contribution in [0.1, 0.15) is 22.3 Å². The molecule has 0 aromatic heterocycles. The van der Waals surface area contributed by atoms with Crippen LogP contribution in [0.4, 0.5) is 0 Å². The van der Waals surface area contributed by atoms with Gasteiger partial charge in [-0.3, -0.25) is 9.59 Å². The number of nitrogens with one attached hydrogen (secondary N) is 2. The maximum absolute atomic E-state index is 12.1. The Morgan fingerprint density at radius 1 is 1.07 bits per heavy atom. The summed E-state index contributed by atoms with van der Waals surface area (Å²) in [5.41, 5.74) is 0.882. The smallest absolute Gasteiger partial charge is 0.255 e. The summed E-state index contributed by atoms with van der Waals surface area (Å²) < 4.78 is 5.15. The Labute approximate surface area is 157 Å². The van der Waals surface area contributed by atoms with Gasteiger partial charge < -0.3 is 25.6 Å². The Kier molecular flexibility index (Phi) is 7.25. The second kappa shape index (κ2) is 9.86. The third kappa shape index (κ3) is 6.07. The van der Waals surface area contributed by atoms with Gasteiger partial charge in [-0.2, -0.15) is 0 Å². The number of para-hydroxylation sites is 1. The zero-order chi connectivity index (χ0) is 19.6. The minimum atomic E-state index is -0.321. The Morgan fingerprint density at radius 2 is 1.81 bits per heavy atom.